The highest BCUT2D eigenvalue weighted by Gasteiger charge is 2.31. The summed E-state index contributed by atoms with van der Waals surface area (Å²) in [6.45, 7) is 0. The molecule has 21 heavy (non-hydrogen) atoms. The van der Waals surface area contributed by atoms with E-state index in [0.717, 1.165) is 27.9 Å². The fourth-order valence-corrected chi connectivity index (χ4v) is 3.21. The normalized spacial score (nSPS) is 17.2. The van der Waals surface area contributed by atoms with Gasteiger partial charge in [-0.2, -0.15) is 0 Å². The molecule has 0 unspecified atom stereocenters. The van der Waals surface area contributed by atoms with Crippen molar-refractivity contribution >= 4 is 16.7 Å². The van der Waals surface area contributed by atoms with Crippen LogP contribution in [0.15, 0.2) is 54.6 Å². The van der Waals surface area contributed by atoms with E-state index in [4.69, 9.17) is 4.74 Å². The van der Waals surface area contributed by atoms with Crippen molar-refractivity contribution in [2.24, 2.45) is 0 Å². The number of hydrogen-bond acceptors (Lipinski definition) is 2. The van der Waals surface area contributed by atoms with Crippen LogP contribution in [0.4, 0.5) is 0 Å². The van der Waals surface area contributed by atoms with E-state index >= 15 is 0 Å². The number of ketones is 1. The summed E-state index contributed by atoms with van der Waals surface area (Å²) in [4.78, 5) is 12.3. The van der Waals surface area contributed by atoms with Crippen LogP contribution >= 0.6 is 0 Å². The summed E-state index contributed by atoms with van der Waals surface area (Å²) >= 11 is 0. The maximum atomic E-state index is 12.3. The van der Waals surface area contributed by atoms with E-state index < -0.39 is 0 Å². The molecule has 0 bridgehead atoms. The molecule has 0 N–H and O–H groups in total. The molecule has 3 aromatic rings. The molecule has 4 rings (SSSR count). The van der Waals surface area contributed by atoms with Gasteiger partial charge >= 0.3 is 0 Å². The summed E-state index contributed by atoms with van der Waals surface area (Å²) in [7, 11) is 1.66. The molecule has 3 heteroatoms. The Bertz CT molecular complexity index is 847. The van der Waals surface area contributed by atoms with Gasteiger partial charge < -0.3 is 9.30 Å². The maximum absolute atomic E-state index is 12.3. The minimum Gasteiger partial charge on any atom is -0.497 e. The zero-order valence-electron chi connectivity index (χ0n) is 11.7. The number of nitrogens with zero attached hydrogens (tertiary/aromatic N) is 1. The fraction of sp³-hybridized carbons (Fsp3) is 0.167. The maximum Gasteiger partial charge on any atom is 0.181 e. The first kappa shape index (κ1) is 12.2. The molecule has 0 fully saturated rings. The Morgan fingerprint density at radius 3 is 2.81 bits per heavy atom. The molecule has 0 radical (unpaired) electrons. The monoisotopic (exact) mass is 277 g/mol. The Hall–Kier alpha value is -2.55. The van der Waals surface area contributed by atoms with Crippen LogP contribution in [0.1, 0.15) is 28.5 Å². The van der Waals surface area contributed by atoms with Crippen LogP contribution in [0.3, 0.4) is 0 Å². The molecule has 104 valence electrons. The minimum atomic E-state index is 0.0579. The van der Waals surface area contributed by atoms with Crippen molar-refractivity contribution in [1.29, 1.82) is 0 Å². The lowest BCUT2D eigenvalue weighted by molar-refractivity contribution is 0.0991. The van der Waals surface area contributed by atoms with Gasteiger partial charge in [0.25, 0.3) is 0 Å². The van der Waals surface area contributed by atoms with Crippen molar-refractivity contribution < 1.29 is 9.53 Å². The summed E-state index contributed by atoms with van der Waals surface area (Å²) in [5.74, 6) is 1.03. The minimum absolute atomic E-state index is 0.0579. The number of ether oxygens (including phenoxy) is 1. The largest absolute Gasteiger partial charge is 0.497 e. The molecular formula is C18H15NO2. The van der Waals surface area contributed by atoms with E-state index in [1.807, 2.05) is 36.4 Å². The molecule has 1 aliphatic rings. The zero-order valence-corrected chi connectivity index (χ0v) is 11.7. The molecule has 0 saturated heterocycles. The molecule has 2 aromatic carbocycles. The fourth-order valence-electron chi connectivity index (χ4n) is 3.21. The number of benzene rings is 2. The highest BCUT2D eigenvalue weighted by Crippen LogP contribution is 2.37. The third-order valence-corrected chi connectivity index (χ3v) is 4.20. The van der Waals surface area contributed by atoms with Crippen molar-refractivity contribution in [3.63, 3.8) is 0 Å². The van der Waals surface area contributed by atoms with E-state index in [-0.39, 0.29) is 11.8 Å². The number of para-hydroxylation sites is 1. The van der Waals surface area contributed by atoms with Gasteiger partial charge in [-0.1, -0.05) is 30.3 Å². The summed E-state index contributed by atoms with van der Waals surface area (Å²) in [5, 5.41) is 1.12. The molecule has 0 amide bonds. The standard InChI is InChI=1S/C18H15NO2/c1-21-14-7-4-6-12(9-14)16-11-18(20)17-10-13-5-2-3-8-15(13)19(16)17/h2-10,16H,11H2,1H3/t16-/m0/s1. The second-order valence-corrected chi connectivity index (χ2v) is 5.38. The third-order valence-electron chi connectivity index (χ3n) is 4.20. The van der Waals surface area contributed by atoms with Crippen LogP contribution in [0.2, 0.25) is 0 Å². The van der Waals surface area contributed by atoms with Crippen molar-refractivity contribution in [2.75, 3.05) is 7.11 Å². The highest BCUT2D eigenvalue weighted by molar-refractivity contribution is 6.03. The number of carbonyl (C=O) groups is 1. The quantitative estimate of drug-likeness (QED) is 0.713. The molecule has 3 nitrogen and oxygen atoms in total. The summed E-state index contributed by atoms with van der Waals surface area (Å²) in [6, 6.07) is 18.2. The van der Waals surface area contributed by atoms with E-state index in [2.05, 4.69) is 22.8 Å². The van der Waals surface area contributed by atoms with Crippen molar-refractivity contribution in [3.8, 4) is 5.75 Å². The Balaban J connectivity index is 1.92. The average molecular weight is 277 g/mol. The van der Waals surface area contributed by atoms with E-state index in [1.54, 1.807) is 7.11 Å². The van der Waals surface area contributed by atoms with Gasteiger partial charge in [0.15, 0.2) is 5.78 Å². The number of carbonyl (C=O) groups excluding carboxylic acids is 1. The lowest BCUT2D eigenvalue weighted by Crippen LogP contribution is -2.05. The zero-order chi connectivity index (χ0) is 14.4. The molecule has 0 aliphatic carbocycles. The van der Waals surface area contributed by atoms with Gasteiger partial charge in [-0.25, -0.2) is 0 Å². The predicted molar refractivity (Wildman–Crippen MR) is 82.0 cm³/mol. The smallest absolute Gasteiger partial charge is 0.181 e. The Morgan fingerprint density at radius 2 is 1.95 bits per heavy atom. The molecule has 2 heterocycles. The molecule has 1 aliphatic heterocycles. The molecule has 0 spiro atoms. The van der Waals surface area contributed by atoms with Crippen LogP contribution in [-0.2, 0) is 0 Å². The molecular weight excluding hydrogens is 262 g/mol. The Morgan fingerprint density at radius 1 is 1.10 bits per heavy atom. The molecule has 1 atom stereocenters. The number of hydrogen-bond donors (Lipinski definition) is 0. The molecule has 1 aromatic heterocycles. The van der Waals surface area contributed by atoms with Crippen LogP contribution < -0.4 is 4.74 Å². The van der Waals surface area contributed by atoms with Gasteiger partial charge in [0.2, 0.25) is 0 Å². The lowest BCUT2D eigenvalue weighted by Gasteiger charge is -2.15. The van der Waals surface area contributed by atoms with E-state index in [9.17, 15) is 4.79 Å². The SMILES string of the molecule is COc1cccc([C@@H]2CC(=O)c3cc4ccccc4n32)c1. The number of methoxy groups -OCH3 is 1. The summed E-state index contributed by atoms with van der Waals surface area (Å²) < 4.78 is 7.46. The first-order valence-electron chi connectivity index (χ1n) is 7.05. The third kappa shape index (κ3) is 1.77. The first-order chi connectivity index (χ1) is 10.3. The predicted octanol–water partition coefficient (Wildman–Crippen LogP) is 3.83. The lowest BCUT2D eigenvalue weighted by atomic mass is 10.0. The number of Topliss-reactive ketones (excluding diaryl/α,β-unsaturated/α-hetero) is 1. The van der Waals surface area contributed by atoms with Crippen LogP contribution in [0.25, 0.3) is 10.9 Å². The summed E-state index contributed by atoms with van der Waals surface area (Å²) in [5.41, 5.74) is 3.04. The van der Waals surface area contributed by atoms with E-state index in [0.29, 0.717) is 6.42 Å². The van der Waals surface area contributed by atoms with Gasteiger partial charge in [-0.3, -0.25) is 4.79 Å². The van der Waals surface area contributed by atoms with Crippen molar-refractivity contribution in [2.45, 2.75) is 12.5 Å². The average Bonchev–Trinajstić information content (AvgIpc) is 3.06. The second-order valence-electron chi connectivity index (χ2n) is 5.38. The number of aromatic nitrogens is 1. The number of fused-ring (bicyclic) bond motifs is 3. The van der Waals surface area contributed by atoms with E-state index in [1.165, 1.54) is 0 Å². The molecule has 0 saturated carbocycles. The van der Waals surface area contributed by atoms with Gasteiger partial charge in [0.1, 0.15) is 5.75 Å². The van der Waals surface area contributed by atoms with Crippen molar-refractivity contribution in [3.05, 3.63) is 65.9 Å². The van der Waals surface area contributed by atoms with Crippen LogP contribution in [0.5, 0.6) is 5.75 Å². The Kier molecular flexibility index (Phi) is 2.61. The van der Waals surface area contributed by atoms with Gasteiger partial charge in [0.05, 0.1) is 18.8 Å². The highest BCUT2D eigenvalue weighted by atomic mass is 16.5. The second kappa shape index (κ2) is 4.48. The van der Waals surface area contributed by atoms with Gasteiger partial charge in [-0.05, 0) is 29.8 Å². The summed E-state index contributed by atoms with van der Waals surface area (Å²) in [6.07, 6.45) is 0.521. The van der Waals surface area contributed by atoms with Gasteiger partial charge in [0, 0.05) is 17.3 Å². The van der Waals surface area contributed by atoms with Crippen LogP contribution in [-0.4, -0.2) is 17.5 Å². The van der Waals surface area contributed by atoms with Crippen LogP contribution in [0, 0.1) is 0 Å². The van der Waals surface area contributed by atoms with Crippen molar-refractivity contribution in [1.82, 2.24) is 4.57 Å². The topological polar surface area (TPSA) is 31.2 Å². The first-order valence-corrected chi connectivity index (χ1v) is 7.05. The van der Waals surface area contributed by atoms with Gasteiger partial charge in [-0.15, -0.1) is 0 Å². The number of rotatable bonds is 2. The Labute approximate surface area is 122 Å².